The predicted octanol–water partition coefficient (Wildman–Crippen LogP) is 0.461. The van der Waals surface area contributed by atoms with E-state index in [4.69, 9.17) is 10.5 Å². The van der Waals surface area contributed by atoms with Crippen LogP contribution in [0.4, 0.5) is 4.79 Å². The first-order valence-corrected chi connectivity index (χ1v) is 6.28. The second-order valence-electron chi connectivity index (χ2n) is 5.06. The van der Waals surface area contributed by atoms with E-state index in [0.717, 1.165) is 19.3 Å². The van der Waals surface area contributed by atoms with Crippen molar-refractivity contribution in [2.75, 3.05) is 20.2 Å². The molecule has 1 fully saturated rings. The Bertz CT molecular complexity index is 322. The number of nitrogens with two attached hydrogens (primary N) is 1. The van der Waals surface area contributed by atoms with Crippen molar-refractivity contribution >= 4 is 11.9 Å². The van der Waals surface area contributed by atoms with Crippen molar-refractivity contribution in [3.05, 3.63) is 0 Å². The smallest absolute Gasteiger partial charge is 0.312 e. The Morgan fingerprint density at radius 3 is 2.61 bits per heavy atom. The van der Waals surface area contributed by atoms with Gasteiger partial charge in [-0.2, -0.15) is 0 Å². The van der Waals surface area contributed by atoms with Crippen LogP contribution in [-0.4, -0.2) is 48.7 Å². The Labute approximate surface area is 108 Å². The molecule has 0 saturated carbocycles. The minimum absolute atomic E-state index is 0.0887. The van der Waals surface area contributed by atoms with Crippen molar-refractivity contribution in [1.82, 2.24) is 10.2 Å². The summed E-state index contributed by atoms with van der Waals surface area (Å²) >= 11 is 0. The van der Waals surface area contributed by atoms with Crippen LogP contribution in [0.15, 0.2) is 0 Å². The fourth-order valence-electron chi connectivity index (χ4n) is 2.23. The number of nitrogens with zero attached hydrogens (tertiary/aromatic N) is 1. The Kier molecular flexibility index (Phi) is 4.95. The van der Waals surface area contributed by atoms with E-state index < -0.39 is 12.1 Å². The molecule has 3 amide bonds. The summed E-state index contributed by atoms with van der Waals surface area (Å²) in [4.78, 5) is 24.6. The average Bonchev–Trinajstić information content (AvgIpc) is 2.50. The van der Waals surface area contributed by atoms with Gasteiger partial charge in [-0.1, -0.05) is 0 Å². The molecule has 6 nitrogen and oxygen atoms in total. The van der Waals surface area contributed by atoms with Gasteiger partial charge in [0.05, 0.1) is 5.60 Å². The zero-order valence-electron chi connectivity index (χ0n) is 11.4. The first-order chi connectivity index (χ1) is 8.38. The number of hydrogen-bond acceptors (Lipinski definition) is 3. The minimum atomic E-state index is -0.674. The maximum absolute atomic E-state index is 12.1. The van der Waals surface area contributed by atoms with E-state index in [1.165, 1.54) is 0 Å². The highest BCUT2D eigenvalue weighted by Crippen LogP contribution is 2.25. The molecule has 1 aliphatic rings. The molecule has 0 spiro atoms. The number of nitrogens with one attached hydrogen (secondary N) is 1. The van der Waals surface area contributed by atoms with E-state index in [1.54, 1.807) is 18.9 Å². The SMILES string of the molecule is COC1(C)CCCN(C(=O)[C@H](C)NC(N)=O)CC1. The van der Waals surface area contributed by atoms with Gasteiger partial charge < -0.3 is 20.7 Å². The molecule has 1 rings (SSSR count). The number of primary amides is 1. The van der Waals surface area contributed by atoms with Gasteiger partial charge in [-0.15, -0.1) is 0 Å². The number of ether oxygens (including phenoxy) is 1. The first-order valence-electron chi connectivity index (χ1n) is 6.28. The van der Waals surface area contributed by atoms with Crippen molar-refractivity contribution in [2.45, 2.75) is 44.8 Å². The second kappa shape index (κ2) is 6.04. The second-order valence-corrected chi connectivity index (χ2v) is 5.06. The molecule has 1 unspecified atom stereocenters. The van der Waals surface area contributed by atoms with Gasteiger partial charge in [0, 0.05) is 20.2 Å². The first kappa shape index (κ1) is 14.8. The fraction of sp³-hybridized carbons (Fsp3) is 0.833. The van der Waals surface area contributed by atoms with Crippen molar-refractivity contribution in [3.63, 3.8) is 0 Å². The van der Waals surface area contributed by atoms with E-state index >= 15 is 0 Å². The minimum Gasteiger partial charge on any atom is -0.378 e. The van der Waals surface area contributed by atoms with Crippen molar-refractivity contribution in [1.29, 1.82) is 0 Å². The number of carbonyl (C=O) groups is 2. The zero-order chi connectivity index (χ0) is 13.8. The van der Waals surface area contributed by atoms with Gasteiger partial charge in [-0.05, 0) is 33.1 Å². The van der Waals surface area contributed by atoms with Crippen molar-refractivity contribution in [3.8, 4) is 0 Å². The largest absolute Gasteiger partial charge is 0.378 e. The molecule has 0 aliphatic carbocycles. The third-order valence-corrected chi connectivity index (χ3v) is 3.58. The third kappa shape index (κ3) is 3.87. The van der Waals surface area contributed by atoms with Crippen LogP contribution < -0.4 is 11.1 Å². The van der Waals surface area contributed by atoms with Crippen molar-refractivity contribution < 1.29 is 14.3 Å². The summed E-state index contributed by atoms with van der Waals surface area (Å²) in [5.41, 5.74) is 4.86. The molecular formula is C12H23N3O3. The summed E-state index contributed by atoms with van der Waals surface area (Å²) < 4.78 is 5.48. The molecule has 18 heavy (non-hydrogen) atoms. The molecular weight excluding hydrogens is 234 g/mol. The van der Waals surface area contributed by atoms with Crippen LogP contribution in [0.2, 0.25) is 0 Å². The van der Waals surface area contributed by atoms with E-state index in [9.17, 15) is 9.59 Å². The van der Waals surface area contributed by atoms with Gasteiger partial charge in [0.15, 0.2) is 0 Å². The summed E-state index contributed by atoms with van der Waals surface area (Å²) in [6.07, 6.45) is 2.64. The Morgan fingerprint density at radius 1 is 1.39 bits per heavy atom. The molecule has 1 heterocycles. The lowest BCUT2D eigenvalue weighted by atomic mass is 9.97. The molecule has 0 aromatic carbocycles. The summed E-state index contributed by atoms with van der Waals surface area (Å²) in [6, 6.07) is -1.25. The monoisotopic (exact) mass is 257 g/mol. The molecule has 0 aromatic heterocycles. The number of amides is 3. The van der Waals surface area contributed by atoms with Crippen LogP contribution in [0.25, 0.3) is 0 Å². The highest BCUT2D eigenvalue weighted by Gasteiger charge is 2.30. The van der Waals surface area contributed by atoms with Crippen LogP contribution in [0.1, 0.15) is 33.1 Å². The highest BCUT2D eigenvalue weighted by atomic mass is 16.5. The molecule has 6 heteroatoms. The Balaban J connectivity index is 2.57. The lowest BCUT2D eigenvalue weighted by molar-refractivity contribution is -0.132. The van der Waals surface area contributed by atoms with Crippen LogP contribution >= 0.6 is 0 Å². The highest BCUT2D eigenvalue weighted by molar-refractivity contribution is 5.86. The van der Waals surface area contributed by atoms with Gasteiger partial charge in [0.25, 0.3) is 0 Å². The number of hydrogen-bond donors (Lipinski definition) is 2. The quantitative estimate of drug-likeness (QED) is 0.770. The number of likely N-dealkylation sites (tertiary alicyclic amines) is 1. The Hall–Kier alpha value is -1.30. The summed E-state index contributed by atoms with van der Waals surface area (Å²) in [5, 5.41) is 2.41. The van der Waals surface area contributed by atoms with E-state index in [-0.39, 0.29) is 11.5 Å². The average molecular weight is 257 g/mol. The predicted molar refractivity (Wildman–Crippen MR) is 68.0 cm³/mol. The lowest BCUT2D eigenvalue weighted by Gasteiger charge is -2.27. The van der Waals surface area contributed by atoms with E-state index in [2.05, 4.69) is 12.2 Å². The fourth-order valence-corrected chi connectivity index (χ4v) is 2.23. The number of rotatable bonds is 3. The number of carbonyl (C=O) groups excluding carboxylic acids is 2. The van der Waals surface area contributed by atoms with Gasteiger partial charge in [-0.25, -0.2) is 4.79 Å². The zero-order valence-corrected chi connectivity index (χ0v) is 11.4. The summed E-state index contributed by atoms with van der Waals surface area (Å²) in [5.74, 6) is -0.0887. The molecule has 2 atom stereocenters. The van der Waals surface area contributed by atoms with Crippen LogP contribution in [0.3, 0.4) is 0 Å². The Morgan fingerprint density at radius 2 is 2.06 bits per heavy atom. The number of methoxy groups -OCH3 is 1. The summed E-state index contributed by atoms with van der Waals surface area (Å²) in [6.45, 7) is 5.05. The van der Waals surface area contributed by atoms with Gasteiger partial charge in [0.1, 0.15) is 6.04 Å². The van der Waals surface area contributed by atoms with Gasteiger partial charge >= 0.3 is 6.03 Å². The molecule has 1 saturated heterocycles. The topological polar surface area (TPSA) is 84.7 Å². The van der Waals surface area contributed by atoms with Gasteiger partial charge in [-0.3, -0.25) is 4.79 Å². The molecule has 0 aromatic rings. The number of urea groups is 1. The van der Waals surface area contributed by atoms with Crippen LogP contribution in [0, 0.1) is 0 Å². The maximum atomic E-state index is 12.1. The van der Waals surface area contributed by atoms with Gasteiger partial charge in [0.2, 0.25) is 5.91 Å². The van der Waals surface area contributed by atoms with Crippen LogP contribution in [-0.2, 0) is 9.53 Å². The lowest BCUT2D eigenvalue weighted by Crippen LogP contribution is -2.49. The molecule has 0 radical (unpaired) electrons. The molecule has 3 N–H and O–H groups in total. The summed E-state index contributed by atoms with van der Waals surface area (Å²) in [7, 11) is 1.70. The standard InChI is InChI=1S/C12H23N3O3/c1-9(14-11(13)17)10(16)15-7-4-5-12(2,18-3)6-8-15/h9H,4-8H2,1-3H3,(H3,13,14,17)/t9-,12?/m0/s1. The molecule has 1 aliphatic heterocycles. The van der Waals surface area contributed by atoms with Crippen LogP contribution in [0.5, 0.6) is 0 Å². The van der Waals surface area contributed by atoms with Crippen molar-refractivity contribution in [2.24, 2.45) is 5.73 Å². The van der Waals surface area contributed by atoms with E-state index in [1.807, 2.05) is 0 Å². The molecule has 0 bridgehead atoms. The maximum Gasteiger partial charge on any atom is 0.312 e. The third-order valence-electron chi connectivity index (χ3n) is 3.58. The normalized spacial score (nSPS) is 26.3. The molecule has 104 valence electrons. The van der Waals surface area contributed by atoms with E-state index in [0.29, 0.717) is 13.1 Å².